The molecule has 4 nitrogen and oxygen atoms in total. The van der Waals surface area contributed by atoms with Crippen molar-refractivity contribution in [3.63, 3.8) is 0 Å². The lowest BCUT2D eigenvalue weighted by Crippen LogP contribution is -2.61. The van der Waals surface area contributed by atoms with Gasteiger partial charge in [-0.2, -0.15) is 0 Å². The summed E-state index contributed by atoms with van der Waals surface area (Å²) in [5.41, 5.74) is 1.46. The van der Waals surface area contributed by atoms with Crippen LogP contribution in [0.3, 0.4) is 0 Å². The van der Waals surface area contributed by atoms with Crippen molar-refractivity contribution >= 4 is 22.3 Å². The summed E-state index contributed by atoms with van der Waals surface area (Å²) in [6.07, 6.45) is 12.2. The molecule has 4 aliphatic carbocycles. The number of hydrogen-bond donors (Lipinski definition) is 0. The Kier molecular flexibility index (Phi) is 7.10. The molecular formula is C28H53NO3Si2. The first-order valence-electron chi connectivity index (χ1n) is 14.1. The molecule has 0 aromatic heterocycles. The van der Waals surface area contributed by atoms with E-state index in [9.17, 15) is 0 Å². The van der Waals surface area contributed by atoms with Crippen LogP contribution in [0.5, 0.6) is 0 Å². The highest BCUT2D eigenvalue weighted by atomic mass is 28.4. The molecule has 0 heterocycles. The molecule has 0 bridgehead atoms. The smallest absolute Gasteiger partial charge is 0.185 e. The topological polar surface area (TPSA) is 40.0 Å². The third-order valence-corrected chi connectivity index (χ3v) is 12.6. The van der Waals surface area contributed by atoms with Crippen molar-refractivity contribution in [2.24, 2.45) is 39.7 Å². The van der Waals surface area contributed by atoms with E-state index in [2.05, 4.69) is 65.2 Å². The molecular weight excluding hydrogens is 454 g/mol. The molecule has 4 saturated carbocycles. The Morgan fingerprint density at radius 1 is 0.824 bits per heavy atom. The normalized spacial score (nSPS) is 45.4. The lowest BCUT2D eigenvalue weighted by molar-refractivity contribution is -0.139. The minimum absolute atomic E-state index is 0.155. The van der Waals surface area contributed by atoms with E-state index < -0.39 is 16.6 Å². The summed E-state index contributed by atoms with van der Waals surface area (Å²) in [6, 6.07) is 0. The zero-order valence-electron chi connectivity index (χ0n) is 23.9. The third kappa shape index (κ3) is 4.52. The van der Waals surface area contributed by atoms with Crippen LogP contribution in [-0.4, -0.2) is 41.2 Å². The standard InChI is InChI=1S/C28H53NO3Si2/c1-20(29-30-4)28(32-34(8,9)10)18-15-25-23-12-11-21-19-22(31-33(5,6)7)13-16-26(21,2)24(23)14-17-27(25,28)3/h21-25H,11-19H2,1-10H3/b29-20+. The first-order valence-corrected chi connectivity index (χ1v) is 20.9. The molecule has 0 amide bonds. The SMILES string of the molecule is CO/N=C(\C)C1(O[Si](C)(C)C)CCC2C3CCC4CC(O[Si](C)(C)C)CCC4(C)C3CCC21C. The summed E-state index contributed by atoms with van der Waals surface area (Å²) in [6.45, 7) is 21.5. The van der Waals surface area contributed by atoms with Gasteiger partial charge in [-0.25, -0.2) is 0 Å². The van der Waals surface area contributed by atoms with Crippen molar-refractivity contribution in [2.45, 2.75) is 130 Å². The molecule has 4 rings (SSSR count). The second-order valence-corrected chi connectivity index (χ2v) is 23.6. The zero-order valence-corrected chi connectivity index (χ0v) is 25.9. The van der Waals surface area contributed by atoms with Gasteiger partial charge in [-0.1, -0.05) is 19.0 Å². The maximum Gasteiger partial charge on any atom is 0.185 e. The van der Waals surface area contributed by atoms with Gasteiger partial charge in [-0.15, -0.1) is 0 Å². The summed E-state index contributed by atoms with van der Waals surface area (Å²) in [7, 11) is -1.56. The quantitative estimate of drug-likeness (QED) is 0.209. The lowest BCUT2D eigenvalue weighted by Gasteiger charge is -2.62. The first kappa shape index (κ1) is 26.9. The van der Waals surface area contributed by atoms with E-state index in [0.29, 0.717) is 11.5 Å². The van der Waals surface area contributed by atoms with E-state index in [1.807, 2.05) is 0 Å². The molecule has 0 saturated heterocycles. The molecule has 0 aliphatic heterocycles. The average Bonchev–Trinajstić information content (AvgIpc) is 2.99. The molecule has 196 valence electrons. The fourth-order valence-electron chi connectivity index (χ4n) is 9.39. The van der Waals surface area contributed by atoms with Crippen LogP contribution in [0.1, 0.15) is 78.6 Å². The highest BCUT2D eigenvalue weighted by molar-refractivity contribution is 6.70. The van der Waals surface area contributed by atoms with Crippen molar-refractivity contribution in [1.29, 1.82) is 0 Å². The maximum absolute atomic E-state index is 7.16. The second-order valence-electron chi connectivity index (χ2n) is 14.7. The largest absolute Gasteiger partial charge is 0.415 e. The van der Waals surface area contributed by atoms with Crippen molar-refractivity contribution < 1.29 is 13.7 Å². The molecule has 6 heteroatoms. The molecule has 0 spiro atoms. The van der Waals surface area contributed by atoms with Gasteiger partial charge in [-0.05, 0) is 133 Å². The maximum atomic E-state index is 7.16. The van der Waals surface area contributed by atoms with Crippen molar-refractivity contribution in [1.82, 2.24) is 0 Å². The number of rotatable bonds is 6. The van der Waals surface area contributed by atoms with Crippen LogP contribution < -0.4 is 0 Å². The predicted octanol–water partition coefficient (Wildman–Crippen LogP) is 7.86. The fourth-order valence-corrected chi connectivity index (χ4v) is 12.1. The van der Waals surface area contributed by atoms with E-state index in [-0.39, 0.29) is 11.0 Å². The Bertz CT molecular complexity index is 790. The Morgan fingerprint density at radius 3 is 2.12 bits per heavy atom. The average molecular weight is 508 g/mol. The van der Waals surface area contributed by atoms with E-state index in [1.54, 1.807) is 7.11 Å². The van der Waals surface area contributed by atoms with E-state index in [4.69, 9.17) is 13.7 Å². The minimum atomic E-state index is -1.77. The second kappa shape index (κ2) is 8.99. The van der Waals surface area contributed by atoms with Gasteiger partial charge >= 0.3 is 0 Å². The Hall–Kier alpha value is -0.176. The number of oxime groups is 1. The predicted molar refractivity (Wildman–Crippen MR) is 147 cm³/mol. The first-order chi connectivity index (χ1) is 15.7. The van der Waals surface area contributed by atoms with Crippen LogP contribution in [0.4, 0.5) is 0 Å². The third-order valence-electron chi connectivity index (χ3n) is 10.6. The highest BCUT2D eigenvalue weighted by Gasteiger charge is 2.67. The highest BCUT2D eigenvalue weighted by Crippen LogP contribution is 2.69. The van der Waals surface area contributed by atoms with Gasteiger partial charge in [0.1, 0.15) is 12.7 Å². The van der Waals surface area contributed by atoms with Crippen LogP contribution >= 0.6 is 0 Å². The fraction of sp³-hybridized carbons (Fsp3) is 0.964. The molecule has 4 fully saturated rings. The number of fused-ring (bicyclic) bond motifs is 5. The Balaban J connectivity index is 1.60. The number of nitrogens with zero attached hydrogens (tertiary/aromatic N) is 1. The monoisotopic (exact) mass is 507 g/mol. The van der Waals surface area contributed by atoms with Gasteiger partial charge < -0.3 is 13.7 Å². The Morgan fingerprint density at radius 2 is 1.50 bits per heavy atom. The van der Waals surface area contributed by atoms with E-state index in [1.165, 1.54) is 51.4 Å². The van der Waals surface area contributed by atoms with Gasteiger partial charge in [0.2, 0.25) is 0 Å². The summed E-state index contributed by atoms with van der Waals surface area (Å²) in [4.78, 5) is 5.33. The van der Waals surface area contributed by atoms with Crippen LogP contribution in [0.15, 0.2) is 5.16 Å². The summed E-state index contributed by atoms with van der Waals surface area (Å²) in [5, 5.41) is 4.52. The van der Waals surface area contributed by atoms with E-state index >= 15 is 0 Å². The molecule has 0 N–H and O–H groups in total. The van der Waals surface area contributed by atoms with Crippen molar-refractivity contribution in [2.75, 3.05) is 7.11 Å². The molecule has 0 radical (unpaired) electrons. The lowest BCUT2D eigenvalue weighted by atomic mass is 9.44. The van der Waals surface area contributed by atoms with Crippen molar-refractivity contribution in [3.05, 3.63) is 0 Å². The summed E-state index contributed by atoms with van der Waals surface area (Å²) < 4.78 is 13.8. The molecule has 8 atom stereocenters. The summed E-state index contributed by atoms with van der Waals surface area (Å²) >= 11 is 0. The van der Waals surface area contributed by atoms with Gasteiger partial charge in [0.25, 0.3) is 0 Å². The van der Waals surface area contributed by atoms with Gasteiger partial charge in [0, 0.05) is 11.5 Å². The number of hydrogen-bond acceptors (Lipinski definition) is 4. The molecule has 4 aliphatic rings. The van der Waals surface area contributed by atoms with Gasteiger partial charge in [-0.3, -0.25) is 0 Å². The molecule has 34 heavy (non-hydrogen) atoms. The van der Waals surface area contributed by atoms with Crippen molar-refractivity contribution in [3.8, 4) is 0 Å². The minimum Gasteiger partial charge on any atom is -0.415 e. The van der Waals surface area contributed by atoms with E-state index in [0.717, 1.165) is 35.8 Å². The zero-order chi connectivity index (χ0) is 25.2. The summed E-state index contributed by atoms with van der Waals surface area (Å²) in [5.74, 6) is 3.27. The van der Waals surface area contributed by atoms with Gasteiger partial charge in [0.15, 0.2) is 16.6 Å². The molecule has 0 aromatic rings. The molecule has 8 unspecified atom stereocenters. The van der Waals surface area contributed by atoms with Crippen LogP contribution in [0, 0.1) is 34.5 Å². The van der Waals surface area contributed by atoms with Crippen LogP contribution in [0.25, 0.3) is 0 Å². The van der Waals surface area contributed by atoms with Crippen LogP contribution in [0.2, 0.25) is 39.3 Å². The molecule has 0 aromatic carbocycles. The Labute approximate surface area is 212 Å². The van der Waals surface area contributed by atoms with Crippen LogP contribution in [-0.2, 0) is 13.7 Å². The van der Waals surface area contributed by atoms with Gasteiger partial charge in [0.05, 0.1) is 5.71 Å².